The van der Waals surface area contributed by atoms with E-state index in [1.54, 1.807) is 0 Å². The van der Waals surface area contributed by atoms with Gasteiger partial charge in [-0.1, -0.05) is 32.9 Å². The number of amides is 1. The number of hydrogen-bond donors (Lipinski definition) is 1. The fraction of sp³-hybridized carbons (Fsp3) is 0.588. The van der Waals surface area contributed by atoms with Crippen LogP contribution in [0.15, 0.2) is 24.3 Å². The van der Waals surface area contributed by atoms with Gasteiger partial charge in [-0.3, -0.25) is 4.79 Å². The van der Waals surface area contributed by atoms with Crippen LogP contribution in [0.4, 0.5) is 5.69 Å². The standard InChI is InChI=1S/C17H26N2O/c1-13-7-5-9-15(11-13)19-10-6-8-14(12-19)18-16(20)17(2,3)4/h5,7,9,11,14H,6,8,10,12H2,1-4H3,(H,18,20). The van der Waals surface area contributed by atoms with E-state index in [4.69, 9.17) is 0 Å². The molecule has 1 saturated heterocycles. The molecule has 1 atom stereocenters. The Morgan fingerprint density at radius 1 is 1.35 bits per heavy atom. The number of piperidine rings is 1. The van der Waals surface area contributed by atoms with Crippen LogP contribution in [0, 0.1) is 12.3 Å². The van der Waals surface area contributed by atoms with Crippen molar-refractivity contribution in [1.29, 1.82) is 0 Å². The third kappa shape index (κ3) is 3.75. The molecule has 0 spiro atoms. The first-order valence-electron chi connectivity index (χ1n) is 7.49. The molecule has 1 aliphatic heterocycles. The molecule has 1 aromatic rings. The van der Waals surface area contributed by atoms with Gasteiger partial charge in [-0.15, -0.1) is 0 Å². The number of rotatable bonds is 2. The van der Waals surface area contributed by atoms with Crippen LogP contribution in [0.25, 0.3) is 0 Å². The fourth-order valence-electron chi connectivity index (χ4n) is 2.56. The molecule has 1 aliphatic rings. The zero-order valence-corrected chi connectivity index (χ0v) is 13.1. The van der Waals surface area contributed by atoms with E-state index in [2.05, 4.69) is 41.4 Å². The highest BCUT2D eigenvalue weighted by molar-refractivity contribution is 5.81. The van der Waals surface area contributed by atoms with Crippen LogP contribution in [0.5, 0.6) is 0 Å². The summed E-state index contributed by atoms with van der Waals surface area (Å²) in [7, 11) is 0. The van der Waals surface area contributed by atoms with Gasteiger partial charge in [-0.25, -0.2) is 0 Å². The average molecular weight is 274 g/mol. The van der Waals surface area contributed by atoms with Crippen LogP contribution in [0.2, 0.25) is 0 Å². The molecular weight excluding hydrogens is 248 g/mol. The summed E-state index contributed by atoms with van der Waals surface area (Å²) >= 11 is 0. The molecule has 3 heteroatoms. The first kappa shape index (κ1) is 14.9. The quantitative estimate of drug-likeness (QED) is 0.898. The van der Waals surface area contributed by atoms with Crippen molar-refractivity contribution < 1.29 is 4.79 Å². The minimum atomic E-state index is -0.314. The van der Waals surface area contributed by atoms with Crippen LogP contribution < -0.4 is 10.2 Å². The smallest absolute Gasteiger partial charge is 0.225 e. The lowest BCUT2D eigenvalue weighted by molar-refractivity contribution is -0.129. The molecule has 1 unspecified atom stereocenters. The first-order valence-corrected chi connectivity index (χ1v) is 7.49. The van der Waals surface area contributed by atoms with E-state index in [1.807, 2.05) is 20.8 Å². The Hall–Kier alpha value is -1.51. The molecule has 0 saturated carbocycles. The van der Waals surface area contributed by atoms with Crippen molar-refractivity contribution in [2.45, 2.75) is 46.6 Å². The lowest BCUT2D eigenvalue weighted by Crippen LogP contribution is -2.50. The highest BCUT2D eigenvalue weighted by Crippen LogP contribution is 2.22. The van der Waals surface area contributed by atoms with Gasteiger partial charge in [0.05, 0.1) is 0 Å². The molecule has 1 N–H and O–H groups in total. The zero-order chi connectivity index (χ0) is 14.8. The summed E-state index contributed by atoms with van der Waals surface area (Å²) in [4.78, 5) is 14.5. The van der Waals surface area contributed by atoms with Gasteiger partial charge >= 0.3 is 0 Å². The van der Waals surface area contributed by atoms with Gasteiger partial charge in [0.15, 0.2) is 0 Å². The van der Waals surface area contributed by atoms with Crippen LogP contribution in [0.3, 0.4) is 0 Å². The van der Waals surface area contributed by atoms with Gasteiger partial charge in [0.2, 0.25) is 5.91 Å². The van der Waals surface area contributed by atoms with E-state index in [1.165, 1.54) is 11.3 Å². The van der Waals surface area contributed by atoms with Crippen molar-refractivity contribution in [2.24, 2.45) is 5.41 Å². The second kappa shape index (κ2) is 5.86. The summed E-state index contributed by atoms with van der Waals surface area (Å²) in [6.45, 7) is 9.99. The van der Waals surface area contributed by atoms with E-state index in [0.29, 0.717) is 0 Å². The SMILES string of the molecule is Cc1cccc(N2CCCC(NC(=O)C(C)(C)C)C2)c1. The molecule has 2 rings (SSSR count). The molecule has 1 heterocycles. The van der Waals surface area contributed by atoms with Crippen molar-refractivity contribution in [3.05, 3.63) is 29.8 Å². The number of carbonyl (C=O) groups excluding carboxylic acids is 1. The second-order valence-electron chi connectivity index (χ2n) is 6.85. The van der Waals surface area contributed by atoms with Crippen molar-refractivity contribution in [3.63, 3.8) is 0 Å². The second-order valence-corrected chi connectivity index (χ2v) is 6.85. The normalized spacial score (nSPS) is 19.8. The monoisotopic (exact) mass is 274 g/mol. The van der Waals surface area contributed by atoms with E-state index in [9.17, 15) is 4.79 Å². The topological polar surface area (TPSA) is 32.3 Å². The molecule has 3 nitrogen and oxygen atoms in total. The molecule has 0 radical (unpaired) electrons. The Morgan fingerprint density at radius 2 is 2.10 bits per heavy atom. The van der Waals surface area contributed by atoms with Gasteiger partial charge in [0, 0.05) is 30.2 Å². The van der Waals surface area contributed by atoms with Gasteiger partial charge in [0.1, 0.15) is 0 Å². The van der Waals surface area contributed by atoms with E-state index >= 15 is 0 Å². The summed E-state index contributed by atoms with van der Waals surface area (Å²) in [5, 5.41) is 3.19. The maximum absolute atomic E-state index is 12.1. The Kier molecular flexibility index (Phi) is 4.36. The Bertz CT molecular complexity index is 476. The average Bonchev–Trinajstić information content (AvgIpc) is 2.38. The van der Waals surface area contributed by atoms with Crippen LogP contribution in [0.1, 0.15) is 39.2 Å². The van der Waals surface area contributed by atoms with Gasteiger partial charge < -0.3 is 10.2 Å². The van der Waals surface area contributed by atoms with Crippen molar-refractivity contribution in [1.82, 2.24) is 5.32 Å². The lowest BCUT2D eigenvalue weighted by Gasteiger charge is -2.36. The number of anilines is 1. The Balaban J connectivity index is 2.00. The number of hydrogen-bond acceptors (Lipinski definition) is 2. The Labute approximate surface area is 122 Å². The number of benzene rings is 1. The number of carbonyl (C=O) groups is 1. The predicted octanol–water partition coefficient (Wildman–Crippen LogP) is 3.13. The van der Waals surface area contributed by atoms with Crippen LogP contribution in [-0.4, -0.2) is 25.0 Å². The van der Waals surface area contributed by atoms with E-state index < -0.39 is 0 Å². The molecule has 1 amide bonds. The summed E-state index contributed by atoms with van der Waals surface area (Å²) in [5.41, 5.74) is 2.23. The fourth-order valence-corrected chi connectivity index (χ4v) is 2.56. The molecule has 0 aromatic heterocycles. The highest BCUT2D eigenvalue weighted by atomic mass is 16.2. The van der Waals surface area contributed by atoms with Gasteiger partial charge in [-0.05, 0) is 37.5 Å². The minimum absolute atomic E-state index is 0.147. The van der Waals surface area contributed by atoms with Crippen LogP contribution >= 0.6 is 0 Å². The van der Waals surface area contributed by atoms with Crippen molar-refractivity contribution in [3.8, 4) is 0 Å². The predicted molar refractivity (Wildman–Crippen MR) is 84.0 cm³/mol. The molecule has 110 valence electrons. The molecule has 1 aromatic carbocycles. The summed E-state index contributed by atoms with van der Waals surface area (Å²) in [6.07, 6.45) is 2.20. The maximum Gasteiger partial charge on any atom is 0.225 e. The molecule has 20 heavy (non-hydrogen) atoms. The van der Waals surface area contributed by atoms with E-state index in [0.717, 1.165) is 25.9 Å². The molecule has 0 aliphatic carbocycles. The van der Waals surface area contributed by atoms with Gasteiger partial charge in [-0.2, -0.15) is 0 Å². The van der Waals surface area contributed by atoms with E-state index in [-0.39, 0.29) is 17.4 Å². The lowest BCUT2D eigenvalue weighted by atomic mass is 9.94. The number of nitrogens with one attached hydrogen (secondary N) is 1. The van der Waals surface area contributed by atoms with Crippen molar-refractivity contribution >= 4 is 11.6 Å². The van der Waals surface area contributed by atoms with Gasteiger partial charge in [0.25, 0.3) is 0 Å². The summed E-state index contributed by atoms with van der Waals surface area (Å²) in [5.74, 6) is 0.147. The number of nitrogens with zero attached hydrogens (tertiary/aromatic N) is 1. The third-order valence-electron chi connectivity index (χ3n) is 3.80. The highest BCUT2D eigenvalue weighted by Gasteiger charge is 2.27. The molecule has 0 bridgehead atoms. The maximum atomic E-state index is 12.1. The zero-order valence-electron chi connectivity index (χ0n) is 13.1. The molecule has 1 fully saturated rings. The number of aryl methyl sites for hydroxylation is 1. The Morgan fingerprint density at radius 3 is 2.75 bits per heavy atom. The van der Waals surface area contributed by atoms with Crippen LogP contribution in [-0.2, 0) is 4.79 Å². The summed E-state index contributed by atoms with van der Waals surface area (Å²) < 4.78 is 0. The molecular formula is C17H26N2O. The first-order chi connectivity index (χ1) is 9.36. The largest absolute Gasteiger partial charge is 0.369 e. The minimum Gasteiger partial charge on any atom is -0.369 e. The summed E-state index contributed by atoms with van der Waals surface area (Å²) in [6, 6.07) is 8.85. The van der Waals surface area contributed by atoms with Crippen molar-refractivity contribution in [2.75, 3.05) is 18.0 Å². The third-order valence-corrected chi connectivity index (χ3v) is 3.80.